The van der Waals surface area contributed by atoms with Gasteiger partial charge in [0.15, 0.2) is 3.92 Å². The summed E-state index contributed by atoms with van der Waals surface area (Å²) in [5.41, 5.74) is 0.651. The highest BCUT2D eigenvalue weighted by Gasteiger charge is 2.15. The highest BCUT2D eigenvalue weighted by molar-refractivity contribution is 9.11. The van der Waals surface area contributed by atoms with Crippen LogP contribution in [0.1, 0.15) is 10.4 Å². The summed E-state index contributed by atoms with van der Waals surface area (Å²) < 4.78 is 14.5. The van der Waals surface area contributed by atoms with Gasteiger partial charge in [-0.05, 0) is 28.1 Å². The van der Waals surface area contributed by atoms with Crippen molar-refractivity contribution in [2.24, 2.45) is 0 Å². The lowest BCUT2D eigenvalue weighted by Gasteiger charge is -2.11. The molecule has 0 unspecified atom stereocenters. The Labute approximate surface area is 116 Å². The van der Waals surface area contributed by atoms with Crippen LogP contribution >= 0.6 is 27.3 Å². The zero-order valence-electron chi connectivity index (χ0n) is 9.65. The Kier molecular flexibility index (Phi) is 3.72. The summed E-state index contributed by atoms with van der Waals surface area (Å²) in [6, 6.07) is 4.42. The van der Waals surface area contributed by atoms with Crippen molar-refractivity contribution in [1.29, 1.82) is 0 Å². The number of hydrogen-bond donors (Lipinski definition) is 0. The van der Waals surface area contributed by atoms with Crippen molar-refractivity contribution in [3.05, 3.63) is 33.5 Å². The molecule has 1 aromatic heterocycles. The molecule has 18 heavy (non-hydrogen) atoms. The van der Waals surface area contributed by atoms with Crippen molar-refractivity contribution in [2.75, 3.05) is 14.1 Å². The lowest BCUT2D eigenvalue weighted by molar-refractivity contribution is 0.0823. The number of benzene rings is 1. The van der Waals surface area contributed by atoms with Crippen LogP contribution in [0.3, 0.4) is 0 Å². The Morgan fingerprint density at radius 2 is 2.11 bits per heavy atom. The molecular weight excluding hydrogens is 321 g/mol. The highest BCUT2D eigenvalue weighted by Crippen LogP contribution is 2.27. The third-order valence-corrected chi connectivity index (χ3v) is 3.66. The Bertz CT molecular complexity index is 600. The van der Waals surface area contributed by atoms with Crippen LogP contribution in [0.4, 0.5) is 4.39 Å². The molecule has 7 heteroatoms. The van der Waals surface area contributed by atoms with Gasteiger partial charge in [0.2, 0.25) is 0 Å². The quantitative estimate of drug-likeness (QED) is 0.851. The van der Waals surface area contributed by atoms with Crippen LogP contribution in [-0.4, -0.2) is 35.1 Å². The van der Waals surface area contributed by atoms with Crippen molar-refractivity contribution < 1.29 is 9.18 Å². The number of aromatic nitrogens is 2. The number of halogens is 2. The third kappa shape index (κ3) is 2.56. The summed E-state index contributed by atoms with van der Waals surface area (Å²) in [6.07, 6.45) is 0. The molecule has 4 nitrogen and oxygen atoms in total. The Morgan fingerprint density at radius 1 is 1.39 bits per heavy atom. The molecule has 0 N–H and O–H groups in total. The second kappa shape index (κ2) is 5.11. The molecule has 0 fully saturated rings. The highest BCUT2D eigenvalue weighted by atomic mass is 79.9. The third-order valence-electron chi connectivity index (χ3n) is 2.25. The summed E-state index contributed by atoms with van der Waals surface area (Å²) in [5, 5.41) is 8.29. The fourth-order valence-electron chi connectivity index (χ4n) is 1.38. The smallest absolute Gasteiger partial charge is 0.256 e. The minimum absolute atomic E-state index is 0.0485. The van der Waals surface area contributed by atoms with E-state index >= 15 is 0 Å². The first-order valence-corrected chi connectivity index (χ1v) is 6.60. The van der Waals surface area contributed by atoms with Gasteiger partial charge in [0.25, 0.3) is 5.91 Å². The maximum Gasteiger partial charge on any atom is 0.256 e. The topological polar surface area (TPSA) is 46.1 Å². The van der Waals surface area contributed by atoms with Gasteiger partial charge in [-0.3, -0.25) is 4.79 Å². The van der Waals surface area contributed by atoms with E-state index in [1.165, 1.54) is 28.4 Å². The van der Waals surface area contributed by atoms with Crippen LogP contribution in [0.15, 0.2) is 22.1 Å². The SMILES string of the molecule is CN(C)C(=O)c1ccc(-c2nnc(Br)s2)cc1F. The summed E-state index contributed by atoms with van der Waals surface area (Å²) in [7, 11) is 3.16. The maximum atomic E-state index is 13.9. The molecular formula is C11H9BrFN3OS. The van der Waals surface area contributed by atoms with Crippen LogP contribution in [0.5, 0.6) is 0 Å². The molecule has 94 valence electrons. The van der Waals surface area contributed by atoms with E-state index < -0.39 is 5.82 Å². The molecule has 1 amide bonds. The van der Waals surface area contributed by atoms with Crippen LogP contribution in [-0.2, 0) is 0 Å². The van der Waals surface area contributed by atoms with Gasteiger partial charge in [-0.25, -0.2) is 4.39 Å². The molecule has 0 aliphatic rings. The summed E-state index contributed by atoms with van der Waals surface area (Å²) in [4.78, 5) is 13.0. The van der Waals surface area contributed by atoms with Crippen molar-refractivity contribution >= 4 is 33.2 Å². The molecule has 0 radical (unpaired) electrons. The van der Waals surface area contributed by atoms with E-state index in [0.717, 1.165) is 0 Å². The van der Waals surface area contributed by atoms with Gasteiger partial charge in [-0.1, -0.05) is 17.4 Å². The molecule has 2 aromatic rings. The Morgan fingerprint density at radius 3 is 2.61 bits per heavy atom. The monoisotopic (exact) mass is 329 g/mol. The average Bonchev–Trinajstić information content (AvgIpc) is 2.74. The first kappa shape index (κ1) is 13.1. The van der Waals surface area contributed by atoms with E-state index in [4.69, 9.17) is 0 Å². The molecule has 0 atom stereocenters. The number of hydrogen-bond acceptors (Lipinski definition) is 4. The number of carbonyl (C=O) groups excluding carboxylic acids is 1. The van der Waals surface area contributed by atoms with E-state index in [1.807, 2.05) is 0 Å². The summed E-state index contributed by atoms with van der Waals surface area (Å²) >= 11 is 4.50. The van der Waals surface area contributed by atoms with Crippen LogP contribution in [0.2, 0.25) is 0 Å². The second-order valence-corrected chi connectivity index (χ2v) is 6.01. The van der Waals surface area contributed by atoms with Crippen molar-refractivity contribution in [3.63, 3.8) is 0 Å². The van der Waals surface area contributed by atoms with E-state index in [2.05, 4.69) is 26.1 Å². The largest absolute Gasteiger partial charge is 0.345 e. The predicted molar refractivity (Wildman–Crippen MR) is 71.0 cm³/mol. The van der Waals surface area contributed by atoms with Gasteiger partial charge in [0.1, 0.15) is 10.8 Å². The van der Waals surface area contributed by atoms with Crippen molar-refractivity contribution in [2.45, 2.75) is 0 Å². The zero-order chi connectivity index (χ0) is 13.3. The lowest BCUT2D eigenvalue weighted by atomic mass is 10.1. The van der Waals surface area contributed by atoms with Crippen LogP contribution < -0.4 is 0 Å². The summed E-state index contributed by atoms with van der Waals surface area (Å²) in [5.74, 6) is -0.921. The predicted octanol–water partition coefficient (Wildman–Crippen LogP) is 2.81. The standard InChI is InChI=1S/C11H9BrFN3OS/c1-16(2)10(17)7-4-3-6(5-8(7)13)9-14-15-11(12)18-9/h3-5H,1-2H3. The Balaban J connectivity index is 2.39. The van der Waals surface area contributed by atoms with Crippen molar-refractivity contribution in [1.82, 2.24) is 15.1 Å². The number of carbonyl (C=O) groups is 1. The van der Waals surface area contributed by atoms with Crippen LogP contribution in [0, 0.1) is 5.82 Å². The minimum atomic E-state index is -0.558. The van der Waals surface area contributed by atoms with Gasteiger partial charge in [-0.2, -0.15) is 0 Å². The fraction of sp³-hybridized carbons (Fsp3) is 0.182. The minimum Gasteiger partial charge on any atom is -0.345 e. The zero-order valence-corrected chi connectivity index (χ0v) is 12.0. The molecule has 0 saturated heterocycles. The second-order valence-electron chi connectivity index (χ2n) is 3.75. The van der Waals surface area contributed by atoms with Gasteiger partial charge < -0.3 is 4.90 Å². The molecule has 0 saturated carbocycles. The molecule has 2 rings (SSSR count). The van der Waals surface area contributed by atoms with Gasteiger partial charge in [-0.15, -0.1) is 10.2 Å². The van der Waals surface area contributed by atoms with E-state index in [0.29, 0.717) is 14.5 Å². The molecule has 0 bridgehead atoms. The number of rotatable bonds is 2. The molecule has 0 aliphatic carbocycles. The molecule has 1 heterocycles. The molecule has 0 aliphatic heterocycles. The maximum absolute atomic E-state index is 13.9. The number of nitrogens with zero attached hydrogens (tertiary/aromatic N) is 3. The van der Waals surface area contributed by atoms with E-state index in [9.17, 15) is 9.18 Å². The summed E-state index contributed by atoms with van der Waals surface area (Å²) in [6.45, 7) is 0. The molecule has 1 aromatic carbocycles. The van der Waals surface area contributed by atoms with Crippen LogP contribution in [0.25, 0.3) is 10.6 Å². The first-order chi connectivity index (χ1) is 8.49. The van der Waals surface area contributed by atoms with Gasteiger partial charge in [0.05, 0.1) is 5.56 Å². The number of amides is 1. The Hall–Kier alpha value is -1.34. The van der Waals surface area contributed by atoms with Crippen molar-refractivity contribution in [3.8, 4) is 10.6 Å². The lowest BCUT2D eigenvalue weighted by Crippen LogP contribution is -2.22. The van der Waals surface area contributed by atoms with Gasteiger partial charge >= 0.3 is 0 Å². The molecule has 0 spiro atoms. The van der Waals surface area contributed by atoms with E-state index in [1.54, 1.807) is 20.2 Å². The average molecular weight is 330 g/mol. The fourth-order valence-corrected chi connectivity index (χ4v) is 2.49. The first-order valence-electron chi connectivity index (χ1n) is 4.99. The van der Waals surface area contributed by atoms with E-state index in [-0.39, 0.29) is 11.5 Å². The normalized spacial score (nSPS) is 10.4. The van der Waals surface area contributed by atoms with Gasteiger partial charge in [0, 0.05) is 19.7 Å².